The highest BCUT2D eigenvalue weighted by atomic mass is 16.5. The highest BCUT2D eigenvalue weighted by Gasteiger charge is 2.37. The molecule has 96 valence electrons. The Kier molecular flexibility index (Phi) is 4.81. The van der Waals surface area contributed by atoms with Crippen LogP contribution in [-0.4, -0.2) is 25.3 Å². The molecule has 1 saturated carbocycles. The van der Waals surface area contributed by atoms with Gasteiger partial charge in [-0.15, -0.1) is 0 Å². The van der Waals surface area contributed by atoms with Crippen molar-refractivity contribution < 1.29 is 4.74 Å². The third-order valence-electron chi connectivity index (χ3n) is 4.11. The molecule has 0 heterocycles. The molecule has 0 atom stereocenters. The summed E-state index contributed by atoms with van der Waals surface area (Å²) in [7, 11) is 1.82. The van der Waals surface area contributed by atoms with E-state index in [1.807, 2.05) is 7.11 Å². The maximum atomic E-state index is 5.51. The van der Waals surface area contributed by atoms with E-state index < -0.39 is 0 Å². The second-order valence-corrected chi connectivity index (χ2v) is 6.35. The number of nitrogens with one attached hydrogen (secondary N) is 1. The van der Waals surface area contributed by atoms with Crippen molar-refractivity contribution in [1.82, 2.24) is 5.32 Å². The van der Waals surface area contributed by atoms with Gasteiger partial charge in [-0.2, -0.15) is 0 Å². The minimum absolute atomic E-state index is 0.0421. The summed E-state index contributed by atoms with van der Waals surface area (Å²) in [6, 6.07) is 0.605. The second kappa shape index (κ2) is 5.50. The minimum atomic E-state index is 0.0421. The van der Waals surface area contributed by atoms with Crippen LogP contribution in [0.15, 0.2) is 0 Å². The molecule has 1 fully saturated rings. The van der Waals surface area contributed by atoms with Gasteiger partial charge in [-0.1, -0.05) is 20.3 Å². The zero-order valence-corrected chi connectivity index (χ0v) is 11.7. The second-order valence-electron chi connectivity index (χ2n) is 6.35. The monoisotopic (exact) mass is 227 g/mol. The number of rotatable bonds is 7. The van der Waals surface area contributed by atoms with E-state index in [0.29, 0.717) is 11.5 Å². The van der Waals surface area contributed by atoms with Gasteiger partial charge in [0.1, 0.15) is 0 Å². The number of hydrogen-bond donors (Lipinski definition) is 1. The first-order valence-electron chi connectivity index (χ1n) is 6.68. The average Bonchev–Trinajstić information content (AvgIpc) is 2.15. The van der Waals surface area contributed by atoms with Crippen LogP contribution in [-0.2, 0) is 4.74 Å². The number of hydrogen-bond acceptors (Lipinski definition) is 2. The van der Waals surface area contributed by atoms with Crippen LogP contribution in [0.4, 0.5) is 0 Å². The summed E-state index contributed by atoms with van der Waals surface area (Å²) in [6.07, 6.45) is 6.67. The summed E-state index contributed by atoms with van der Waals surface area (Å²) in [6.45, 7) is 10.0. The molecule has 1 aliphatic carbocycles. The summed E-state index contributed by atoms with van der Waals surface area (Å²) < 4.78 is 5.51. The molecular weight excluding hydrogens is 198 g/mol. The predicted molar refractivity (Wildman–Crippen MR) is 69.7 cm³/mol. The van der Waals surface area contributed by atoms with Gasteiger partial charge in [0.05, 0.1) is 5.60 Å². The highest BCUT2D eigenvalue weighted by molar-refractivity contribution is 4.91. The SMILES string of the molecule is COC(C)(C)CCC1(CNC(C)C)CCC1. The Labute approximate surface area is 101 Å². The van der Waals surface area contributed by atoms with Gasteiger partial charge in [0.15, 0.2) is 0 Å². The molecule has 0 amide bonds. The van der Waals surface area contributed by atoms with Crippen molar-refractivity contribution in [2.45, 2.75) is 71.4 Å². The van der Waals surface area contributed by atoms with Gasteiger partial charge in [-0.3, -0.25) is 0 Å². The first-order chi connectivity index (χ1) is 7.39. The van der Waals surface area contributed by atoms with E-state index in [-0.39, 0.29) is 5.60 Å². The Morgan fingerprint density at radius 1 is 1.31 bits per heavy atom. The topological polar surface area (TPSA) is 21.3 Å². The van der Waals surface area contributed by atoms with Gasteiger partial charge in [-0.05, 0) is 44.9 Å². The lowest BCUT2D eigenvalue weighted by Gasteiger charge is -2.44. The van der Waals surface area contributed by atoms with E-state index in [1.165, 1.54) is 38.6 Å². The Hall–Kier alpha value is -0.0800. The lowest BCUT2D eigenvalue weighted by Crippen LogP contribution is -2.43. The molecule has 1 rings (SSSR count). The van der Waals surface area contributed by atoms with Crippen LogP contribution < -0.4 is 5.32 Å². The van der Waals surface area contributed by atoms with Crippen LogP contribution in [0.1, 0.15) is 59.8 Å². The van der Waals surface area contributed by atoms with Crippen molar-refractivity contribution in [1.29, 1.82) is 0 Å². The molecule has 0 aromatic heterocycles. The molecule has 0 aromatic rings. The standard InChI is InChI=1S/C14H29NO/c1-12(2)15-11-14(7-6-8-14)10-9-13(3,4)16-5/h12,15H,6-11H2,1-5H3. The average molecular weight is 227 g/mol. The first kappa shape index (κ1) is 14.0. The van der Waals surface area contributed by atoms with Crippen LogP contribution >= 0.6 is 0 Å². The molecule has 0 bridgehead atoms. The van der Waals surface area contributed by atoms with Crippen LogP contribution in [0.25, 0.3) is 0 Å². The fourth-order valence-corrected chi connectivity index (χ4v) is 2.28. The molecular formula is C14H29NO. The maximum Gasteiger partial charge on any atom is 0.0623 e. The van der Waals surface area contributed by atoms with Crippen molar-refractivity contribution in [3.05, 3.63) is 0 Å². The molecule has 1 aliphatic rings. The fraction of sp³-hybridized carbons (Fsp3) is 1.00. The smallest absolute Gasteiger partial charge is 0.0623 e. The lowest BCUT2D eigenvalue weighted by atomic mass is 9.65. The molecule has 16 heavy (non-hydrogen) atoms. The summed E-state index contributed by atoms with van der Waals surface area (Å²) >= 11 is 0. The van der Waals surface area contributed by atoms with Crippen molar-refractivity contribution in [3.8, 4) is 0 Å². The Balaban J connectivity index is 2.36. The molecule has 2 nitrogen and oxygen atoms in total. The van der Waals surface area contributed by atoms with Gasteiger partial charge in [0.25, 0.3) is 0 Å². The number of methoxy groups -OCH3 is 1. The fourth-order valence-electron chi connectivity index (χ4n) is 2.28. The van der Waals surface area contributed by atoms with Crippen molar-refractivity contribution >= 4 is 0 Å². The van der Waals surface area contributed by atoms with Crippen LogP contribution in [0.5, 0.6) is 0 Å². The Morgan fingerprint density at radius 2 is 1.94 bits per heavy atom. The normalized spacial score (nSPS) is 19.9. The maximum absolute atomic E-state index is 5.51. The van der Waals surface area contributed by atoms with E-state index in [1.54, 1.807) is 0 Å². The quantitative estimate of drug-likeness (QED) is 0.720. The van der Waals surface area contributed by atoms with Crippen molar-refractivity contribution in [3.63, 3.8) is 0 Å². The van der Waals surface area contributed by atoms with E-state index >= 15 is 0 Å². The third kappa shape index (κ3) is 4.06. The zero-order chi connectivity index (χ0) is 12.2. The Bertz CT molecular complexity index is 207. The first-order valence-corrected chi connectivity index (χ1v) is 6.68. The summed E-state index contributed by atoms with van der Waals surface area (Å²) in [4.78, 5) is 0. The molecule has 0 spiro atoms. The lowest BCUT2D eigenvalue weighted by molar-refractivity contribution is -0.00774. The predicted octanol–water partition coefficient (Wildman–Crippen LogP) is 3.36. The molecule has 1 N–H and O–H groups in total. The summed E-state index contributed by atoms with van der Waals surface area (Å²) in [5, 5.41) is 3.60. The molecule has 0 saturated heterocycles. The molecule has 0 aromatic carbocycles. The molecule has 0 radical (unpaired) electrons. The zero-order valence-electron chi connectivity index (χ0n) is 11.7. The van der Waals surface area contributed by atoms with Gasteiger partial charge in [0, 0.05) is 19.7 Å². The van der Waals surface area contributed by atoms with Crippen molar-refractivity contribution in [2.24, 2.45) is 5.41 Å². The summed E-state index contributed by atoms with van der Waals surface area (Å²) in [5.74, 6) is 0. The van der Waals surface area contributed by atoms with Gasteiger partial charge < -0.3 is 10.1 Å². The van der Waals surface area contributed by atoms with E-state index in [4.69, 9.17) is 4.74 Å². The number of ether oxygens (including phenoxy) is 1. The Morgan fingerprint density at radius 3 is 2.31 bits per heavy atom. The summed E-state index contributed by atoms with van der Waals surface area (Å²) in [5.41, 5.74) is 0.612. The van der Waals surface area contributed by atoms with Crippen LogP contribution in [0, 0.1) is 5.41 Å². The van der Waals surface area contributed by atoms with E-state index in [9.17, 15) is 0 Å². The van der Waals surface area contributed by atoms with E-state index in [2.05, 4.69) is 33.0 Å². The minimum Gasteiger partial charge on any atom is -0.379 e. The van der Waals surface area contributed by atoms with Crippen molar-refractivity contribution in [2.75, 3.05) is 13.7 Å². The van der Waals surface area contributed by atoms with Crippen LogP contribution in [0.3, 0.4) is 0 Å². The van der Waals surface area contributed by atoms with Crippen LogP contribution in [0.2, 0.25) is 0 Å². The van der Waals surface area contributed by atoms with Gasteiger partial charge in [-0.25, -0.2) is 0 Å². The molecule has 2 heteroatoms. The van der Waals surface area contributed by atoms with Gasteiger partial charge >= 0.3 is 0 Å². The largest absolute Gasteiger partial charge is 0.379 e. The van der Waals surface area contributed by atoms with Gasteiger partial charge in [0.2, 0.25) is 0 Å². The third-order valence-corrected chi connectivity index (χ3v) is 4.11. The molecule has 0 unspecified atom stereocenters. The molecule has 0 aliphatic heterocycles. The highest BCUT2D eigenvalue weighted by Crippen LogP contribution is 2.45. The van der Waals surface area contributed by atoms with E-state index in [0.717, 1.165) is 0 Å².